The van der Waals surface area contributed by atoms with Gasteiger partial charge in [0.25, 0.3) is 0 Å². The normalized spacial score (nSPS) is 11.9. The highest BCUT2D eigenvalue weighted by Crippen LogP contribution is 2.15. The Morgan fingerprint density at radius 3 is 2.89 bits per heavy atom. The Labute approximate surface area is 109 Å². The van der Waals surface area contributed by atoms with Crippen LogP contribution in [0.4, 0.5) is 0 Å². The molecule has 0 aliphatic heterocycles. The van der Waals surface area contributed by atoms with Crippen LogP contribution in [0.15, 0.2) is 22.7 Å². The third-order valence-corrected chi connectivity index (χ3v) is 4.78. The van der Waals surface area contributed by atoms with Crippen LogP contribution >= 0.6 is 11.3 Å². The van der Waals surface area contributed by atoms with E-state index in [4.69, 9.17) is 5.11 Å². The van der Waals surface area contributed by atoms with E-state index in [1.165, 1.54) is 23.6 Å². The zero-order valence-corrected chi connectivity index (χ0v) is 11.3. The van der Waals surface area contributed by atoms with Crippen molar-refractivity contribution in [1.29, 1.82) is 0 Å². The summed E-state index contributed by atoms with van der Waals surface area (Å²) in [5.74, 6) is 0. The van der Waals surface area contributed by atoms with Gasteiger partial charge in [0.2, 0.25) is 10.0 Å². The lowest BCUT2D eigenvalue weighted by molar-refractivity contribution is 0.277. The number of aromatic amines is 1. The first-order valence-electron chi connectivity index (χ1n) is 5.19. The van der Waals surface area contributed by atoms with E-state index in [0.29, 0.717) is 5.69 Å². The number of aliphatic hydroxyl groups is 1. The number of nitrogens with one attached hydrogen (secondary N) is 2. The molecule has 98 valence electrons. The minimum Gasteiger partial charge on any atom is -0.390 e. The number of aliphatic hydroxyl groups excluding tert-OH is 1. The fourth-order valence-corrected chi connectivity index (χ4v) is 3.23. The second-order valence-electron chi connectivity index (χ2n) is 3.70. The van der Waals surface area contributed by atoms with Gasteiger partial charge in [-0.05, 0) is 13.0 Å². The molecule has 0 spiro atoms. The molecule has 0 saturated heterocycles. The predicted molar refractivity (Wildman–Crippen MR) is 67.6 cm³/mol. The van der Waals surface area contributed by atoms with E-state index in [9.17, 15) is 8.42 Å². The summed E-state index contributed by atoms with van der Waals surface area (Å²) in [6.45, 7) is 1.84. The number of hydrogen-bond donors (Lipinski definition) is 3. The summed E-state index contributed by atoms with van der Waals surface area (Å²) in [5.41, 5.74) is 2.97. The van der Waals surface area contributed by atoms with E-state index < -0.39 is 10.0 Å². The average Bonchev–Trinajstić information content (AvgIpc) is 2.95. The second-order valence-corrected chi connectivity index (χ2v) is 6.41. The fourth-order valence-electron chi connectivity index (χ4n) is 1.41. The van der Waals surface area contributed by atoms with Crippen molar-refractivity contribution in [1.82, 2.24) is 14.7 Å². The van der Waals surface area contributed by atoms with Crippen molar-refractivity contribution >= 4 is 21.4 Å². The number of hydrogen-bond acceptors (Lipinski definition) is 5. The van der Waals surface area contributed by atoms with E-state index in [1.54, 1.807) is 5.51 Å². The molecule has 0 atom stereocenters. The molecule has 18 heavy (non-hydrogen) atoms. The van der Waals surface area contributed by atoms with E-state index in [0.717, 1.165) is 10.6 Å². The first kappa shape index (κ1) is 13.2. The Morgan fingerprint density at radius 1 is 1.56 bits per heavy atom. The third kappa shape index (κ3) is 2.78. The monoisotopic (exact) mass is 287 g/mol. The van der Waals surface area contributed by atoms with Gasteiger partial charge in [0.1, 0.15) is 0 Å². The highest BCUT2D eigenvalue weighted by Gasteiger charge is 2.16. The molecule has 2 aromatic heterocycles. The lowest BCUT2D eigenvalue weighted by Crippen LogP contribution is -2.22. The Morgan fingerprint density at radius 2 is 2.33 bits per heavy atom. The standard InChI is InChI=1S/C10H13N3O3S2/c1-7-10(17-6-12-7)4-13-18(15,16)9-2-8(5-14)11-3-9/h2-3,6,11,13-14H,4-5H2,1H3. The fraction of sp³-hybridized carbons (Fsp3) is 0.300. The molecule has 0 aromatic carbocycles. The summed E-state index contributed by atoms with van der Waals surface area (Å²) >= 11 is 1.41. The predicted octanol–water partition coefficient (Wildman–Crippen LogP) is 0.750. The molecule has 0 radical (unpaired) electrons. The van der Waals surface area contributed by atoms with Crippen molar-refractivity contribution in [3.05, 3.63) is 34.0 Å². The molecule has 0 amide bonds. The molecule has 0 aliphatic carbocycles. The summed E-state index contributed by atoms with van der Waals surface area (Å²) in [5, 5.41) is 8.88. The molecule has 2 heterocycles. The van der Waals surface area contributed by atoms with Gasteiger partial charge < -0.3 is 10.1 Å². The van der Waals surface area contributed by atoms with E-state index in [1.807, 2.05) is 6.92 Å². The van der Waals surface area contributed by atoms with Crippen LogP contribution in [0.3, 0.4) is 0 Å². The molecule has 2 aromatic rings. The molecule has 0 bridgehead atoms. The third-order valence-electron chi connectivity index (χ3n) is 2.46. The smallest absolute Gasteiger partial charge is 0.242 e. The quantitative estimate of drug-likeness (QED) is 0.756. The van der Waals surface area contributed by atoms with Crippen LogP contribution in [0.1, 0.15) is 16.3 Å². The first-order chi connectivity index (χ1) is 8.53. The number of thiazole rings is 1. The van der Waals surface area contributed by atoms with Crippen molar-refractivity contribution in [2.75, 3.05) is 0 Å². The number of aromatic nitrogens is 2. The lowest BCUT2D eigenvalue weighted by Gasteiger charge is -2.03. The lowest BCUT2D eigenvalue weighted by atomic mass is 10.4. The van der Waals surface area contributed by atoms with Gasteiger partial charge in [0.15, 0.2) is 0 Å². The maximum absolute atomic E-state index is 11.9. The van der Waals surface area contributed by atoms with Gasteiger partial charge in [0, 0.05) is 23.3 Å². The van der Waals surface area contributed by atoms with E-state index >= 15 is 0 Å². The zero-order chi connectivity index (χ0) is 13.2. The largest absolute Gasteiger partial charge is 0.390 e. The van der Waals surface area contributed by atoms with Crippen LogP contribution in [0.5, 0.6) is 0 Å². The maximum Gasteiger partial charge on any atom is 0.242 e. The van der Waals surface area contributed by atoms with Crippen molar-refractivity contribution in [2.45, 2.75) is 25.0 Å². The number of sulfonamides is 1. The van der Waals surface area contributed by atoms with E-state index in [-0.39, 0.29) is 18.0 Å². The highest BCUT2D eigenvalue weighted by atomic mass is 32.2. The van der Waals surface area contributed by atoms with Gasteiger partial charge in [-0.2, -0.15) is 0 Å². The van der Waals surface area contributed by atoms with Crippen molar-refractivity contribution in [3.8, 4) is 0 Å². The van der Waals surface area contributed by atoms with Crippen LogP contribution in [-0.4, -0.2) is 23.5 Å². The number of rotatable bonds is 5. The molecule has 6 nitrogen and oxygen atoms in total. The summed E-state index contributed by atoms with van der Waals surface area (Å²) in [6.07, 6.45) is 1.35. The maximum atomic E-state index is 11.9. The van der Waals surface area contributed by atoms with Gasteiger partial charge in [-0.15, -0.1) is 11.3 Å². The Balaban J connectivity index is 2.10. The molecule has 0 saturated carbocycles. The summed E-state index contributed by atoms with van der Waals surface area (Å²) in [6, 6.07) is 1.40. The molecule has 8 heteroatoms. The van der Waals surface area contributed by atoms with Gasteiger partial charge in [-0.3, -0.25) is 0 Å². The molecule has 0 fully saturated rings. The van der Waals surface area contributed by atoms with Crippen LogP contribution in [0, 0.1) is 6.92 Å². The Kier molecular flexibility index (Phi) is 3.81. The minimum absolute atomic E-state index is 0.119. The van der Waals surface area contributed by atoms with Crippen molar-refractivity contribution in [3.63, 3.8) is 0 Å². The van der Waals surface area contributed by atoms with Crippen LogP contribution in [0.2, 0.25) is 0 Å². The second kappa shape index (κ2) is 5.19. The topological polar surface area (TPSA) is 95.1 Å². The van der Waals surface area contributed by atoms with Crippen LogP contribution < -0.4 is 4.72 Å². The average molecular weight is 287 g/mol. The molecular formula is C10H13N3O3S2. The minimum atomic E-state index is -3.56. The highest BCUT2D eigenvalue weighted by molar-refractivity contribution is 7.89. The SMILES string of the molecule is Cc1ncsc1CNS(=O)(=O)c1c[nH]c(CO)c1. The molecule has 3 N–H and O–H groups in total. The zero-order valence-electron chi connectivity index (χ0n) is 9.67. The van der Waals surface area contributed by atoms with Gasteiger partial charge in [-0.25, -0.2) is 18.1 Å². The van der Waals surface area contributed by atoms with Crippen LogP contribution in [0.25, 0.3) is 0 Å². The van der Waals surface area contributed by atoms with Gasteiger partial charge in [-0.1, -0.05) is 0 Å². The Hall–Kier alpha value is -1.22. The van der Waals surface area contributed by atoms with Gasteiger partial charge >= 0.3 is 0 Å². The molecule has 0 unspecified atom stereocenters. The summed E-state index contributed by atoms with van der Waals surface area (Å²) in [4.78, 5) is 7.74. The molecule has 2 rings (SSSR count). The first-order valence-corrected chi connectivity index (χ1v) is 7.56. The molecule has 0 aliphatic rings. The number of nitrogens with zero attached hydrogens (tertiary/aromatic N) is 1. The molecular weight excluding hydrogens is 274 g/mol. The van der Waals surface area contributed by atoms with Crippen molar-refractivity contribution in [2.24, 2.45) is 0 Å². The van der Waals surface area contributed by atoms with Crippen LogP contribution in [-0.2, 0) is 23.2 Å². The van der Waals surface area contributed by atoms with Crippen molar-refractivity contribution < 1.29 is 13.5 Å². The Bertz CT molecular complexity index is 630. The summed E-state index contributed by atoms with van der Waals surface area (Å²) in [7, 11) is -3.56. The summed E-state index contributed by atoms with van der Waals surface area (Å²) < 4.78 is 26.4. The van der Waals surface area contributed by atoms with Gasteiger partial charge in [0.05, 0.1) is 22.7 Å². The number of aryl methyl sites for hydroxylation is 1. The number of H-pyrrole nitrogens is 1. The van der Waals surface area contributed by atoms with E-state index in [2.05, 4.69) is 14.7 Å².